The molecule has 6 heteroatoms. The number of piperidine rings is 1. The van der Waals surface area contributed by atoms with E-state index in [0.717, 1.165) is 50.9 Å². The van der Waals surface area contributed by atoms with E-state index in [9.17, 15) is 9.18 Å². The summed E-state index contributed by atoms with van der Waals surface area (Å²) in [5.41, 5.74) is 1.07. The molecule has 2 aliphatic rings. The zero-order valence-electron chi connectivity index (χ0n) is 14.2. The molecule has 0 saturated carbocycles. The Morgan fingerprint density at radius 2 is 2.04 bits per heavy atom. The molecule has 24 heavy (non-hydrogen) atoms. The lowest BCUT2D eigenvalue weighted by atomic mass is 9.99. The van der Waals surface area contributed by atoms with Crippen LogP contribution in [0.3, 0.4) is 0 Å². The quantitative estimate of drug-likeness (QED) is 0.901. The van der Waals surface area contributed by atoms with Gasteiger partial charge in [-0.15, -0.1) is 12.4 Å². The Hall–Kier alpha value is -1.17. The van der Waals surface area contributed by atoms with Gasteiger partial charge in [0.15, 0.2) is 0 Å². The number of likely N-dealkylation sites (tertiary alicyclic amines) is 1. The Labute approximate surface area is 149 Å². The summed E-state index contributed by atoms with van der Waals surface area (Å²) >= 11 is 0. The van der Waals surface area contributed by atoms with E-state index in [2.05, 4.69) is 10.2 Å². The fourth-order valence-corrected chi connectivity index (χ4v) is 3.67. The molecule has 134 valence electrons. The standard InChI is InChI=1S/C18H26FN3O.ClH/c1-21(16-9-10-20-12-16)18(23)17-4-2-3-11-22(17)13-14-5-7-15(19)8-6-14;/h5-8,16-17,20H,2-4,9-13H2,1H3;1H. The minimum atomic E-state index is -0.214. The van der Waals surface area contributed by atoms with E-state index in [1.807, 2.05) is 24.1 Å². The van der Waals surface area contributed by atoms with Crippen molar-refractivity contribution in [2.24, 2.45) is 0 Å². The van der Waals surface area contributed by atoms with Crippen LogP contribution in [0.1, 0.15) is 31.2 Å². The van der Waals surface area contributed by atoms with Crippen molar-refractivity contribution in [3.8, 4) is 0 Å². The third-order valence-electron chi connectivity index (χ3n) is 5.13. The first-order valence-corrected chi connectivity index (χ1v) is 8.61. The van der Waals surface area contributed by atoms with Crippen LogP contribution in [0.25, 0.3) is 0 Å². The molecule has 1 aromatic carbocycles. The van der Waals surface area contributed by atoms with E-state index in [1.165, 1.54) is 12.1 Å². The summed E-state index contributed by atoms with van der Waals surface area (Å²) < 4.78 is 13.1. The molecule has 3 rings (SSSR count). The van der Waals surface area contributed by atoms with Crippen molar-refractivity contribution in [1.82, 2.24) is 15.1 Å². The molecule has 0 spiro atoms. The molecule has 0 radical (unpaired) electrons. The Bertz CT molecular complexity index is 534. The Morgan fingerprint density at radius 3 is 2.71 bits per heavy atom. The molecule has 2 saturated heterocycles. The van der Waals surface area contributed by atoms with E-state index < -0.39 is 0 Å². The Morgan fingerprint density at radius 1 is 1.29 bits per heavy atom. The third kappa shape index (κ3) is 4.47. The number of benzene rings is 1. The zero-order valence-corrected chi connectivity index (χ0v) is 15.0. The maximum absolute atomic E-state index is 13.1. The minimum Gasteiger partial charge on any atom is -0.340 e. The number of amides is 1. The predicted octanol–water partition coefficient (Wildman–Crippen LogP) is 2.42. The second kappa shape index (κ2) is 8.79. The van der Waals surface area contributed by atoms with Crippen molar-refractivity contribution in [1.29, 1.82) is 0 Å². The molecule has 2 atom stereocenters. The van der Waals surface area contributed by atoms with Crippen molar-refractivity contribution in [3.05, 3.63) is 35.6 Å². The van der Waals surface area contributed by atoms with Gasteiger partial charge in [0.25, 0.3) is 0 Å². The van der Waals surface area contributed by atoms with Gasteiger partial charge >= 0.3 is 0 Å². The molecule has 0 aromatic heterocycles. The number of hydrogen-bond acceptors (Lipinski definition) is 3. The van der Waals surface area contributed by atoms with Crippen LogP contribution in [0.2, 0.25) is 0 Å². The van der Waals surface area contributed by atoms with Gasteiger partial charge in [-0.2, -0.15) is 0 Å². The highest BCUT2D eigenvalue weighted by atomic mass is 35.5. The third-order valence-corrected chi connectivity index (χ3v) is 5.13. The van der Waals surface area contributed by atoms with Crippen LogP contribution in [0.5, 0.6) is 0 Å². The summed E-state index contributed by atoms with van der Waals surface area (Å²) in [4.78, 5) is 17.1. The van der Waals surface area contributed by atoms with Gasteiger partial charge in [0.05, 0.1) is 6.04 Å². The van der Waals surface area contributed by atoms with Crippen LogP contribution in [-0.2, 0) is 11.3 Å². The van der Waals surface area contributed by atoms with E-state index in [4.69, 9.17) is 0 Å². The van der Waals surface area contributed by atoms with Gasteiger partial charge in [-0.25, -0.2) is 4.39 Å². The van der Waals surface area contributed by atoms with Gasteiger partial charge in [-0.05, 0) is 50.0 Å². The molecule has 4 nitrogen and oxygen atoms in total. The summed E-state index contributed by atoms with van der Waals surface area (Å²) in [7, 11) is 1.94. The van der Waals surface area contributed by atoms with Crippen LogP contribution in [-0.4, -0.2) is 54.5 Å². The van der Waals surface area contributed by atoms with Crippen LogP contribution in [0, 0.1) is 5.82 Å². The van der Waals surface area contributed by atoms with E-state index in [0.29, 0.717) is 12.6 Å². The molecule has 2 fully saturated rings. The smallest absolute Gasteiger partial charge is 0.239 e. The van der Waals surface area contributed by atoms with Gasteiger partial charge in [0, 0.05) is 26.2 Å². The second-order valence-corrected chi connectivity index (χ2v) is 6.70. The summed E-state index contributed by atoms with van der Waals surface area (Å²) in [6.45, 7) is 3.54. The zero-order chi connectivity index (χ0) is 16.2. The Kier molecular flexibility index (Phi) is 7.02. The molecule has 2 unspecified atom stereocenters. The summed E-state index contributed by atoms with van der Waals surface area (Å²) in [5, 5.41) is 3.32. The number of hydrogen-bond donors (Lipinski definition) is 1. The molecule has 2 heterocycles. The first kappa shape index (κ1) is 19.2. The van der Waals surface area contributed by atoms with Crippen molar-refractivity contribution in [2.75, 3.05) is 26.7 Å². The van der Waals surface area contributed by atoms with Crippen LogP contribution in [0.4, 0.5) is 4.39 Å². The highest BCUT2D eigenvalue weighted by Gasteiger charge is 2.33. The van der Waals surface area contributed by atoms with Crippen molar-refractivity contribution in [3.63, 3.8) is 0 Å². The fourth-order valence-electron chi connectivity index (χ4n) is 3.67. The SMILES string of the molecule is CN(C(=O)C1CCCCN1Cc1ccc(F)cc1)C1CCNC1.Cl. The number of carbonyl (C=O) groups is 1. The first-order valence-electron chi connectivity index (χ1n) is 8.61. The highest BCUT2D eigenvalue weighted by Crippen LogP contribution is 2.22. The number of halogens is 2. The van der Waals surface area contributed by atoms with Crippen LogP contribution < -0.4 is 5.32 Å². The van der Waals surface area contributed by atoms with E-state index >= 15 is 0 Å². The average Bonchev–Trinajstić information content (AvgIpc) is 3.11. The van der Waals surface area contributed by atoms with Crippen molar-refractivity contribution < 1.29 is 9.18 Å². The van der Waals surface area contributed by atoms with Gasteiger partial charge in [-0.1, -0.05) is 18.6 Å². The highest BCUT2D eigenvalue weighted by molar-refractivity contribution is 5.85. The lowest BCUT2D eigenvalue weighted by molar-refractivity contribution is -0.139. The van der Waals surface area contributed by atoms with Gasteiger partial charge < -0.3 is 10.2 Å². The van der Waals surface area contributed by atoms with Gasteiger partial charge in [-0.3, -0.25) is 9.69 Å². The topological polar surface area (TPSA) is 35.6 Å². The van der Waals surface area contributed by atoms with Gasteiger partial charge in [0.1, 0.15) is 5.82 Å². The Balaban J connectivity index is 0.00000208. The lowest BCUT2D eigenvalue weighted by Gasteiger charge is -2.38. The average molecular weight is 356 g/mol. The molecule has 0 bridgehead atoms. The maximum atomic E-state index is 13.1. The molecular formula is C18H27ClFN3O. The fraction of sp³-hybridized carbons (Fsp3) is 0.611. The van der Waals surface area contributed by atoms with Crippen molar-refractivity contribution >= 4 is 18.3 Å². The predicted molar refractivity (Wildman–Crippen MR) is 95.7 cm³/mol. The largest absolute Gasteiger partial charge is 0.340 e. The van der Waals surface area contributed by atoms with E-state index in [-0.39, 0.29) is 30.2 Å². The van der Waals surface area contributed by atoms with Crippen molar-refractivity contribution in [2.45, 2.75) is 44.3 Å². The number of likely N-dealkylation sites (N-methyl/N-ethyl adjacent to an activating group) is 1. The van der Waals surface area contributed by atoms with Crippen LogP contribution in [0.15, 0.2) is 24.3 Å². The molecule has 2 aliphatic heterocycles. The molecule has 0 aliphatic carbocycles. The minimum absolute atomic E-state index is 0. The number of nitrogens with one attached hydrogen (secondary N) is 1. The van der Waals surface area contributed by atoms with Crippen LogP contribution >= 0.6 is 12.4 Å². The number of rotatable bonds is 4. The van der Waals surface area contributed by atoms with E-state index in [1.54, 1.807) is 0 Å². The molecule has 1 aromatic rings. The number of carbonyl (C=O) groups excluding carboxylic acids is 1. The summed E-state index contributed by atoms with van der Waals surface area (Å²) in [6, 6.07) is 6.89. The first-order chi connectivity index (χ1) is 11.1. The van der Waals surface area contributed by atoms with Gasteiger partial charge in [0.2, 0.25) is 5.91 Å². The molecular weight excluding hydrogens is 329 g/mol. The normalized spacial score (nSPS) is 24.4. The number of nitrogens with zero attached hydrogens (tertiary/aromatic N) is 2. The monoisotopic (exact) mass is 355 g/mol. The lowest BCUT2D eigenvalue weighted by Crippen LogP contribution is -2.52. The molecule has 1 amide bonds. The molecule has 1 N–H and O–H groups in total. The maximum Gasteiger partial charge on any atom is 0.239 e. The summed E-state index contributed by atoms with van der Waals surface area (Å²) in [5.74, 6) is 0.0222. The second-order valence-electron chi connectivity index (χ2n) is 6.70. The summed E-state index contributed by atoms with van der Waals surface area (Å²) in [6.07, 6.45) is 4.18.